The van der Waals surface area contributed by atoms with Crippen LogP contribution >= 0.6 is 12.9 Å². The average Bonchev–Trinajstić information content (AvgIpc) is 2.19. The van der Waals surface area contributed by atoms with Gasteiger partial charge >= 0.3 is 6.09 Å². The SMILES string of the molecule is CC(C)(C)OC(=O)NCCCOONOOS. The Morgan fingerprint density at radius 2 is 2.00 bits per heavy atom. The van der Waals surface area contributed by atoms with Crippen LogP contribution in [0.5, 0.6) is 0 Å². The number of alkyl carbamates (subject to hydrolysis) is 1. The number of rotatable bonds is 8. The van der Waals surface area contributed by atoms with Crippen molar-refractivity contribution in [3.63, 3.8) is 0 Å². The second-order valence-corrected chi connectivity index (χ2v) is 4.08. The summed E-state index contributed by atoms with van der Waals surface area (Å²) >= 11 is 3.25. The van der Waals surface area contributed by atoms with E-state index in [1.165, 1.54) is 0 Å². The Labute approximate surface area is 105 Å². The molecule has 0 heterocycles. The van der Waals surface area contributed by atoms with Gasteiger partial charge in [0, 0.05) is 19.5 Å². The summed E-state index contributed by atoms with van der Waals surface area (Å²) in [5.74, 6) is 0. The lowest BCUT2D eigenvalue weighted by atomic mass is 10.2. The van der Waals surface area contributed by atoms with Crippen LogP contribution in [0.2, 0.25) is 0 Å². The van der Waals surface area contributed by atoms with E-state index in [1.54, 1.807) is 20.8 Å². The number of amides is 1. The number of thiol groups is 1. The zero-order valence-electron chi connectivity index (χ0n) is 10.0. The second kappa shape index (κ2) is 9.45. The monoisotopic (exact) mass is 270 g/mol. The van der Waals surface area contributed by atoms with Crippen molar-refractivity contribution in [1.82, 2.24) is 11.0 Å². The van der Waals surface area contributed by atoms with Crippen molar-refractivity contribution in [1.29, 1.82) is 0 Å². The Balaban J connectivity index is 3.25. The van der Waals surface area contributed by atoms with Crippen LogP contribution in [-0.4, -0.2) is 24.8 Å². The van der Waals surface area contributed by atoms with E-state index in [0.717, 1.165) is 0 Å². The van der Waals surface area contributed by atoms with Crippen molar-refractivity contribution in [2.45, 2.75) is 32.8 Å². The molecule has 0 saturated carbocycles. The smallest absolute Gasteiger partial charge is 0.407 e. The molecule has 0 bridgehead atoms. The van der Waals surface area contributed by atoms with Gasteiger partial charge in [0.05, 0.1) is 6.61 Å². The third kappa shape index (κ3) is 13.4. The summed E-state index contributed by atoms with van der Waals surface area (Å²) in [6.45, 7) is 6.02. The number of nitrogens with one attached hydrogen (secondary N) is 2. The van der Waals surface area contributed by atoms with Gasteiger partial charge < -0.3 is 10.1 Å². The van der Waals surface area contributed by atoms with Gasteiger partial charge in [-0.05, 0) is 32.8 Å². The Morgan fingerprint density at radius 3 is 2.59 bits per heavy atom. The van der Waals surface area contributed by atoms with Gasteiger partial charge in [0.1, 0.15) is 5.60 Å². The molecular formula is C8H18N2O6S. The summed E-state index contributed by atoms with van der Waals surface area (Å²) in [6, 6.07) is 0. The van der Waals surface area contributed by atoms with Crippen LogP contribution in [0.1, 0.15) is 27.2 Å². The summed E-state index contributed by atoms with van der Waals surface area (Å²) in [5, 5.41) is 2.56. The number of ether oxygens (including phenoxy) is 1. The molecule has 0 aromatic carbocycles. The average molecular weight is 270 g/mol. The molecule has 2 N–H and O–H groups in total. The zero-order chi connectivity index (χ0) is 13.1. The number of carbonyl (C=O) groups excluding carboxylic acids is 1. The quantitative estimate of drug-likeness (QED) is 0.200. The Bertz CT molecular complexity index is 211. The first kappa shape index (κ1) is 16.4. The molecule has 9 heteroatoms. The molecule has 0 aliphatic heterocycles. The summed E-state index contributed by atoms with van der Waals surface area (Å²) in [7, 11) is 0. The molecule has 0 radical (unpaired) electrons. The maximum Gasteiger partial charge on any atom is 0.407 e. The molecule has 0 aliphatic rings. The van der Waals surface area contributed by atoms with Crippen molar-refractivity contribution >= 4 is 19.0 Å². The first-order valence-corrected chi connectivity index (χ1v) is 5.29. The van der Waals surface area contributed by atoms with E-state index in [4.69, 9.17) is 4.74 Å². The second-order valence-electron chi connectivity index (χ2n) is 3.93. The van der Waals surface area contributed by atoms with E-state index in [9.17, 15) is 4.79 Å². The molecule has 0 atom stereocenters. The molecule has 1 amide bonds. The van der Waals surface area contributed by atoms with Crippen molar-refractivity contribution in [3.8, 4) is 0 Å². The van der Waals surface area contributed by atoms with E-state index in [1.807, 2.05) is 5.64 Å². The summed E-state index contributed by atoms with van der Waals surface area (Å²) in [5.41, 5.74) is 1.33. The number of hydrogen-bond acceptors (Lipinski definition) is 8. The number of hydrogen-bond donors (Lipinski definition) is 3. The molecular weight excluding hydrogens is 252 g/mol. The minimum absolute atomic E-state index is 0.249. The van der Waals surface area contributed by atoms with Crippen LogP contribution in [0, 0.1) is 0 Å². The highest BCUT2D eigenvalue weighted by molar-refractivity contribution is 7.74. The van der Waals surface area contributed by atoms with Gasteiger partial charge in [0.25, 0.3) is 0 Å². The lowest BCUT2D eigenvalue weighted by Gasteiger charge is -2.19. The molecule has 0 aromatic rings. The maximum atomic E-state index is 11.2. The predicted octanol–water partition coefficient (Wildman–Crippen LogP) is 1.06. The third-order valence-electron chi connectivity index (χ3n) is 1.24. The summed E-state index contributed by atoms with van der Waals surface area (Å²) < 4.78 is 8.87. The van der Waals surface area contributed by atoms with Gasteiger partial charge in [-0.3, -0.25) is 0 Å². The topological polar surface area (TPSA) is 87.3 Å². The molecule has 102 valence electrons. The molecule has 0 spiro atoms. The normalized spacial score (nSPS) is 11.3. The van der Waals surface area contributed by atoms with Crippen LogP contribution < -0.4 is 11.0 Å². The van der Waals surface area contributed by atoms with Crippen molar-refractivity contribution in [3.05, 3.63) is 0 Å². The van der Waals surface area contributed by atoms with Gasteiger partial charge in [0.15, 0.2) is 0 Å². The molecule has 0 unspecified atom stereocenters. The van der Waals surface area contributed by atoms with Gasteiger partial charge in [-0.1, -0.05) is 0 Å². The Hall–Kier alpha value is -0.580. The first-order chi connectivity index (χ1) is 7.95. The highest BCUT2D eigenvalue weighted by atomic mass is 32.1. The van der Waals surface area contributed by atoms with E-state index in [-0.39, 0.29) is 6.61 Å². The van der Waals surface area contributed by atoms with Crippen LogP contribution in [0.3, 0.4) is 0 Å². The van der Waals surface area contributed by atoms with Crippen molar-refractivity contribution in [2.75, 3.05) is 13.2 Å². The van der Waals surface area contributed by atoms with Gasteiger partial charge in [0.2, 0.25) is 0 Å². The number of carbonyl (C=O) groups is 1. The molecule has 0 aromatic heterocycles. The minimum Gasteiger partial charge on any atom is -0.444 e. The van der Waals surface area contributed by atoms with Crippen LogP contribution in [0.15, 0.2) is 0 Å². The molecule has 0 rings (SSSR count). The lowest BCUT2D eigenvalue weighted by molar-refractivity contribution is -0.455. The zero-order valence-corrected chi connectivity index (χ0v) is 10.9. The van der Waals surface area contributed by atoms with Crippen molar-refractivity contribution < 1.29 is 28.7 Å². The molecule has 0 aliphatic carbocycles. The van der Waals surface area contributed by atoms with Crippen molar-refractivity contribution in [2.24, 2.45) is 0 Å². The highest BCUT2D eigenvalue weighted by Crippen LogP contribution is 2.06. The van der Waals surface area contributed by atoms with E-state index in [0.29, 0.717) is 13.0 Å². The fourth-order valence-electron chi connectivity index (χ4n) is 0.731. The van der Waals surface area contributed by atoms with E-state index in [2.05, 4.69) is 37.4 Å². The fourth-order valence-corrected chi connectivity index (χ4v) is 0.761. The first-order valence-electron chi connectivity index (χ1n) is 4.93. The van der Waals surface area contributed by atoms with E-state index < -0.39 is 11.7 Å². The molecule has 17 heavy (non-hydrogen) atoms. The predicted molar refractivity (Wildman–Crippen MR) is 60.2 cm³/mol. The van der Waals surface area contributed by atoms with Crippen LogP contribution in [0.4, 0.5) is 4.79 Å². The van der Waals surface area contributed by atoms with Crippen LogP contribution in [-0.2, 0) is 23.9 Å². The third-order valence-corrected chi connectivity index (χ3v) is 1.31. The summed E-state index contributed by atoms with van der Waals surface area (Å²) in [4.78, 5) is 24.0. The molecule has 8 nitrogen and oxygen atoms in total. The van der Waals surface area contributed by atoms with Crippen LogP contribution in [0.25, 0.3) is 0 Å². The highest BCUT2D eigenvalue weighted by Gasteiger charge is 2.15. The van der Waals surface area contributed by atoms with Gasteiger partial charge in [-0.15, -0.1) is 14.3 Å². The molecule has 0 fully saturated rings. The molecule has 0 saturated heterocycles. The van der Waals surface area contributed by atoms with Gasteiger partial charge in [-0.25, -0.2) is 9.68 Å². The lowest BCUT2D eigenvalue weighted by Crippen LogP contribution is -2.33. The van der Waals surface area contributed by atoms with Gasteiger partial charge in [-0.2, -0.15) is 0 Å². The minimum atomic E-state index is -0.502. The van der Waals surface area contributed by atoms with E-state index >= 15 is 0 Å². The Morgan fingerprint density at radius 1 is 1.29 bits per heavy atom. The largest absolute Gasteiger partial charge is 0.444 e. The summed E-state index contributed by atoms with van der Waals surface area (Å²) in [6.07, 6.45) is 0.0752. The maximum absolute atomic E-state index is 11.2. The Kier molecular flexibility index (Phi) is 9.13. The standard InChI is InChI=1S/C8H18N2O6S/c1-8(2,3)13-7(11)9-5-4-6-12-14-10-15-16-17/h10,17H,4-6H2,1-3H3,(H,9,11). The fraction of sp³-hybridized carbons (Fsp3) is 0.875.